The van der Waals surface area contributed by atoms with Crippen LogP contribution in [-0.4, -0.2) is 30.8 Å². The Morgan fingerprint density at radius 3 is 2.10 bits per heavy atom. The molecule has 3 rings (SSSR count). The van der Waals surface area contributed by atoms with E-state index in [1.165, 1.54) is 0 Å². The van der Waals surface area contributed by atoms with Gasteiger partial charge in [0, 0.05) is 18.8 Å². The van der Waals surface area contributed by atoms with Crippen molar-refractivity contribution in [3.63, 3.8) is 0 Å². The normalized spacial score (nSPS) is 10.3. The van der Waals surface area contributed by atoms with Crippen molar-refractivity contribution in [2.24, 2.45) is 0 Å². The van der Waals surface area contributed by atoms with Crippen LogP contribution >= 0.6 is 12.2 Å². The third kappa shape index (κ3) is 6.62. The highest BCUT2D eigenvalue weighted by Gasteiger charge is 2.13. The van der Waals surface area contributed by atoms with Crippen molar-refractivity contribution in [2.75, 3.05) is 26.1 Å². The molecule has 3 aromatic carbocycles. The maximum absolute atomic E-state index is 5.78. The second kappa shape index (κ2) is 11.2. The number of nitrogens with one attached hydrogen (secondary N) is 1. The maximum atomic E-state index is 5.78. The zero-order valence-corrected chi connectivity index (χ0v) is 18.9. The third-order valence-electron chi connectivity index (χ3n) is 4.74. The molecule has 0 heterocycles. The molecule has 6 heteroatoms. The monoisotopic (exact) mass is 436 g/mol. The summed E-state index contributed by atoms with van der Waals surface area (Å²) < 4.78 is 16.2. The van der Waals surface area contributed by atoms with Crippen LogP contribution in [0.25, 0.3) is 0 Å². The van der Waals surface area contributed by atoms with Crippen LogP contribution in [0.4, 0.5) is 5.69 Å². The molecule has 0 aliphatic carbocycles. The van der Waals surface area contributed by atoms with Gasteiger partial charge in [0.15, 0.2) is 5.11 Å². The molecular formula is C25H28N2O3S. The van der Waals surface area contributed by atoms with E-state index in [2.05, 4.69) is 28.4 Å². The molecule has 0 unspecified atom stereocenters. The first-order valence-electron chi connectivity index (χ1n) is 10.2. The largest absolute Gasteiger partial charge is 0.497 e. The first-order chi connectivity index (χ1) is 15.1. The summed E-state index contributed by atoms with van der Waals surface area (Å²) in [4.78, 5) is 2.13. The molecule has 0 amide bonds. The van der Waals surface area contributed by atoms with Gasteiger partial charge >= 0.3 is 0 Å². The zero-order chi connectivity index (χ0) is 22.1. The van der Waals surface area contributed by atoms with Crippen LogP contribution in [0.3, 0.4) is 0 Å². The molecule has 0 fully saturated rings. The van der Waals surface area contributed by atoms with E-state index in [4.69, 9.17) is 26.4 Å². The van der Waals surface area contributed by atoms with Gasteiger partial charge in [0.2, 0.25) is 0 Å². The van der Waals surface area contributed by atoms with Gasteiger partial charge in [-0.2, -0.15) is 0 Å². The standard InChI is InChI=1S/C25H28N2O3S/c1-4-30-23-14-10-21(11-15-23)26-25(31)27(17-19-8-12-22(28-2)13-9-19)18-20-6-5-7-24(16-20)29-3/h5-16H,4,17-18H2,1-3H3,(H,26,31). The molecule has 162 valence electrons. The first kappa shape index (κ1) is 22.4. The minimum Gasteiger partial charge on any atom is -0.497 e. The SMILES string of the molecule is CCOc1ccc(NC(=S)N(Cc2ccc(OC)cc2)Cc2cccc(OC)c2)cc1. The molecule has 0 spiro atoms. The Morgan fingerprint density at radius 2 is 1.45 bits per heavy atom. The average Bonchev–Trinajstić information content (AvgIpc) is 2.80. The molecule has 0 aromatic heterocycles. The molecule has 0 atom stereocenters. The summed E-state index contributed by atoms with van der Waals surface area (Å²) in [7, 11) is 3.34. The Morgan fingerprint density at radius 1 is 0.806 bits per heavy atom. The predicted molar refractivity (Wildman–Crippen MR) is 129 cm³/mol. The Hall–Kier alpha value is -3.25. The van der Waals surface area contributed by atoms with E-state index < -0.39 is 0 Å². The van der Waals surface area contributed by atoms with E-state index in [1.54, 1.807) is 14.2 Å². The number of hydrogen-bond donors (Lipinski definition) is 1. The van der Waals surface area contributed by atoms with Crippen molar-refractivity contribution in [3.8, 4) is 17.2 Å². The molecule has 31 heavy (non-hydrogen) atoms. The van der Waals surface area contributed by atoms with Gasteiger partial charge in [0.25, 0.3) is 0 Å². The van der Waals surface area contributed by atoms with Crippen LogP contribution in [0.5, 0.6) is 17.2 Å². The smallest absolute Gasteiger partial charge is 0.174 e. The van der Waals surface area contributed by atoms with Crippen LogP contribution in [0.1, 0.15) is 18.1 Å². The van der Waals surface area contributed by atoms with E-state index in [1.807, 2.05) is 61.5 Å². The number of hydrogen-bond acceptors (Lipinski definition) is 4. The highest BCUT2D eigenvalue weighted by Crippen LogP contribution is 2.20. The number of rotatable bonds is 9. The lowest BCUT2D eigenvalue weighted by atomic mass is 10.1. The summed E-state index contributed by atoms with van der Waals surface area (Å²) in [6, 6.07) is 23.9. The highest BCUT2D eigenvalue weighted by atomic mass is 32.1. The van der Waals surface area contributed by atoms with Gasteiger partial charge in [-0.3, -0.25) is 0 Å². The second-order valence-electron chi connectivity index (χ2n) is 6.94. The molecule has 0 aliphatic rings. The lowest BCUT2D eigenvalue weighted by Crippen LogP contribution is -2.33. The Kier molecular flexibility index (Phi) is 8.12. The van der Waals surface area contributed by atoms with E-state index in [9.17, 15) is 0 Å². The van der Waals surface area contributed by atoms with Crippen molar-refractivity contribution in [3.05, 3.63) is 83.9 Å². The van der Waals surface area contributed by atoms with E-state index in [0.717, 1.165) is 34.1 Å². The molecular weight excluding hydrogens is 408 g/mol. The van der Waals surface area contributed by atoms with E-state index in [0.29, 0.717) is 24.8 Å². The van der Waals surface area contributed by atoms with Crippen LogP contribution in [0, 0.1) is 0 Å². The maximum Gasteiger partial charge on any atom is 0.174 e. The fourth-order valence-electron chi connectivity index (χ4n) is 3.15. The summed E-state index contributed by atoms with van der Waals surface area (Å²) in [6.45, 7) is 3.91. The summed E-state index contributed by atoms with van der Waals surface area (Å²) in [5.41, 5.74) is 3.17. The molecule has 0 aliphatic heterocycles. The Labute approximate surface area is 189 Å². The van der Waals surface area contributed by atoms with Crippen molar-refractivity contribution in [1.29, 1.82) is 0 Å². The molecule has 5 nitrogen and oxygen atoms in total. The summed E-state index contributed by atoms with van der Waals surface area (Å²) in [5, 5.41) is 3.99. The minimum absolute atomic E-state index is 0.640. The van der Waals surface area contributed by atoms with Gasteiger partial charge in [-0.15, -0.1) is 0 Å². The molecule has 0 radical (unpaired) electrons. The fourth-order valence-corrected chi connectivity index (χ4v) is 3.39. The van der Waals surface area contributed by atoms with Gasteiger partial charge in [-0.25, -0.2) is 0 Å². The quantitative estimate of drug-likeness (QED) is 0.447. The number of ether oxygens (including phenoxy) is 3. The topological polar surface area (TPSA) is 43.0 Å². The number of thiocarbonyl (C=S) groups is 1. The second-order valence-corrected chi connectivity index (χ2v) is 7.33. The number of methoxy groups -OCH3 is 2. The fraction of sp³-hybridized carbons (Fsp3) is 0.240. The molecule has 0 bridgehead atoms. The minimum atomic E-state index is 0.640. The van der Waals surface area contributed by atoms with Gasteiger partial charge in [0.05, 0.1) is 20.8 Å². The Bertz CT molecular complexity index is 975. The predicted octanol–water partition coefficient (Wildman–Crippen LogP) is 5.50. The number of benzene rings is 3. The highest BCUT2D eigenvalue weighted by molar-refractivity contribution is 7.80. The van der Waals surface area contributed by atoms with Gasteiger partial charge in [-0.05, 0) is 78.8 Å². The van der Waals surface area contributed by atoms with E-state index >= 15 is 0 Å². The van der Waals surface area contributed by atoms with Crippen molar-refractivity contribution < 1.29 is 14.2 Å². The molecule has 0 saturated carbocycles. The van der Waals surface area contributed by atoms with Crippen LogP contribution in [-0.2, 0) is 13.1 Å². The lowest BCUT2D eigenvalue weighted by molar-refractivity contribution is 0.340. The van der Waals surface area contributed by atoms with Gasteiger partial charge < -0.3 is 24.4 Å². The van der Waals surface area contributed by atoms with Crippen LogP contribution in [0.2, 0.25) is 0 Å². The summed E-state index contributed by atoms with van der Waals surface area (Å²) in [5.74, 6) is 2.50. The van der Waals surface area contributed by atoms with E-state index in [-0.39, 0.29) is 0 Å². The van der Waals surface area contributed by atoms with Crippen molar-refractivity contribution in [2.45, 2.75) is 20.0 Å². The van der Waals surface area contributed by atoms with Crippen molar-refractivity contribution in [1.82, 2.24) is 4.90 Å². The molecule has 3 aromatic rings. The number of nitrogens with zero attached hydrogens (tertiary/aromatic N) is 1. The molecule has 1 N–H and O–H groups in total. The van der Waals surface area contributed by atoms with Crippen molar-refractivity contribution >= 4 is 23.0 Å². The first-order valence-corrected chi connectivity index (χ1v) is 10.6. The average molecular weight is 437 g/mol. The summed E-state index contributed by atoms with van der Waals surface area (Å²) >= 11 is 5.78. The molecule has 0 saturated heterocycles. The van der Waals surface area contributed by atoms with Gasteiger partial charge in [0.1, 0.15) is 17.2 Å². The summed E-state index contributed by atoms with van der Waals surface area (Å²) in [6.07, 6.45) is 0. The Balaban J connectivity index is 1.77. The van der Waals surface area contributed by atoms with Crippen LogP contribution in [0.15, 0.2) is 72.8 Å². The third-order valence-corrected chi connectivity index (χ3v) is 5.10. The van der Waals surface area contributed by atoms with Gasteiger partial charge in [-0.1, -0.05) is 24.3 Å². The lowest BCUT2D eigenvalue weighted by Gasteiger charge is -2.26. The zero-order valence-electron chi connectivity index (χ0n) is 18.1. The van der Waals surface area contributed by atoms with Crippen LogP contribution < -0.4 is 19.5 Å². The number of anilines is 1.